The molecular weight excluding hydrogens is 228 g/mol. The van der Waals surface area contributed by atoms with Crippen LogP contribution in [0.3, 0.4) is 0 Å². The van der Waals surface area contributed by atoms with E-state index in [2.05, 4.69) is 0 Å². The third kappa shape index (κ3) is 3.15. The van der Waals surface area contributed by atoms with Crippen LogP contribution in [0.5, 0.6) is 0 Å². The highest BCUT2D eigenvalue weighted by atomic mass is 16.7. The van der Waals surface area contributed by atoms with E-state index < -0.39 is 36.8 Å². The normalized spacial score (nSPS) is 42.7. The van der Waals surface area contributed by atoms with Crippen LogP contribution < -0.4 is 0 Å². The summed E-state index contributed by atoms with van der Waals surface area (Å²) in [5, 5.41) is 47.9. The second-order valence-electron chi connectivity index (χ2n) is 4.57. The van der Waals surface area contributed by atoms with Gasteiger partial charge in [0.05, 0.1) is 6.61 Å². The van der Waals surface area contributed by atoms with Crippen molar-refractivity contribution in [3.63, 3.8) is 0 Å². The lowest BCUT2D eigenvalue weighted by molar-refractivity contribution is -0.351. The second kappa shape index (κ2) is 6.08. The van der Waals surface area contributed by atoms with Gasteiger partial charge in [-0.3, -0.25) is 0 Å². The summed E-state index contributed by atoms with van der Waals surface area (Å²) in [5.41, 5.74) is 0. The number of aliphatic hydroxyl groups excluding tert-OH is 4. The first-order chi connectivity index (χ1) is 7.96. The van der Waals surface area contributed by atoms with Gasteiger partial charge in [0.2, 0.25) is 0 Å². The van der Waals surface area contributed by atoms with Crippen LogP contribution in [0.4, 0.5) is 0 Å². The van der Waals surface area contributed by atoms with Crippen LogP contribution in [0.25, 0.3) is 0 Å². The fourth-order valence-corrected chi connectivity index (χ4v) is 2.06. The summed E-state index contributed by atoms with van der Waals surface area (Å²) in [4.78, 5) is 0. The molecule has 6 heteroatoms. The first-order valence-electron chi connectivity index (χ1n) is 6.01. The molecule has 6 nitrogen and oxygen atoms in total. The maximum absolute atomic E-state index is 10.1. The van der Waals surface area contributed by atoms with E-state index in [4.69, 9.17) is 9.84 Å². The lowest BCUT2D eigenvalue weighted by Gasteiger charge is -2.45. The summed E-state index contributed by atoms with van der Waals surface area (Å²) in [7, 11) is 0. The minimum Gasteiger partial charge on any atom is -0.394 e. The molecule has 1 rings (SSSR count). The minimum atomic E-state index is -1.90. The lowest BCUT2D eigenvalue weighted by Crippen LogP contribution is -2.65. The van der Waals surface area contributed by atoms with E-state index in [1.54, 1.807) is 0 Å². The fraction of sp³-hybridized carbons (Fsp3) is 1.00. The minimum absolute atomic E-state index is 0.155. The Bertz CT molecular complexity index is 234. The zero-order valence-electron chi connectivity index (χ0n) is 9.99. The van der Waals surface area contributed by atoms with Crippen LogP contribution in [-0.4, -0.2) is 62.3 Å². The molecule has 1 aliphatic rings. The Labute approximate surface area is 100 Å². The van der Waals surface area contributed by atoms with Crippen LogP contribution >= 0.6 is 0 Å². The summed E-state index contributed by atoms with van der Waals surface area (Å²) in [5.74, 6) is -1.90. The Hall–Kier alpha value is -0.240. The van der Waals surface area contributed by atoms with Gasteiger partial charge in [0, 0.05) is 6.42 Å². The number of hydrogen-bond donors (Lipinski definition) is 5. The van der Waals surface area contributed by atoms with Crippen molar-refractivity contribution in [2.45, 2.75) is 62.8 Å². The quantitative estimate of drug-likeness (QED) is 0.389. The van der Waals surface area contributed by atoms with Gasteiger partial charge in [-0.1, -0.05) is 19.8 Å². The SMILES string of the molecule is CCCCCC1(O)O[C@H](CO)[C@@H](O)[C@H](O)[C@H]1O. The van der Waals surface area contributed by atoms with E-state index >= 15 is 0 Å². The third-order valence-electron chi connectivity index (χ3n) is 3.19. The number of aliphatic hydroxyl groups is 5. The molecule has 1 aliphatic heterocycles. The number of ether oxygens (including phenoxy) is 1. The van der Waals surface area contributed by atoms with E-state index in [9.17, 15) is 20.4 Å². The Morgan fingerprint density at radius 3 is 2.29 bits per heavy atom. The zero-order chi connectivity index (χ0) is 13.1. The summed E-state index contributed by atoms with van der Waals surface area (Å²) in [6, 6.07) is 0. The lowest BCUT2D eigenvalue weighted by atomic mass is 9.89. The van der Waals surface area contributed by atoms with Crippen molar-refractivity contribution in [1.82, 2.24) is 0 Å². The molecule has 0 amide bonds. The van der Waals surface area contributed by atoms with Crippen molar-refractivity contribution in [1.29, 1.82) is 0 Å². The molecule has 0 aromatic rings. The molecule has 0 spiro atoms. The third-order valence-corrected chi connectivity index (χ3v) is 3.19. The van der Waals surface area contributed by atoms with Gasteiger partial charge in [-0.05, 0) is 6.42 Å². The predicted molar refractivity (Wildman–Crippen MR) is 59.1 cm³/mol. The first kappa shape index (κ1) is 14.8. The molecule has 0 aromatic carbocycles. The van der Waals surface area contributed by atoms with E-state index in [0.717, 1.165) is 12.8 Å². The molecule has 0 radical (unpaired) electrons. The zero-order valence-corrected chi connectivity index (χ0v) is 9.99. The molecule has 1 saturated heterocycles. The monoisotopic (exact) mass is 250 g/mol. The van der Waals surface area contributed by atoms with Gasteiger partial charge < -0.3 is 30.3 Å². The van der Waals surface area contributed by atoms with Crippen LogP contribution in [0, 0.1) is 0 Å². The molecule has 1 fully saturated rings. The molecule has 0 saturated carbocycles. The second-order valence-corrected chi connectivity index (χ2v) is 4.57. The average molecular weight is 250 g/mol. The molecule has 5 atom stereocenters. The first-order valence-corrected chi connectivity index (χ1v) is 6.01. The maximum Gasteiger partial charge on any atom is 0.195 e. The highest BCUT2D eigenvalue weighted by molar-refractivity contribution is 4.95. The molecule has 17 heavy (non-hydrogen) atoms. The Morgan fingerprint density at radius 1 is 1.12 bits per heavy atom. The molecule has 102 valence electrons. The molecule has 1 heterocycles. The van der Waals surface area contributed by atoms with Crippen molar-refractivity contribution in [3.8, 4) is 0 Å². The fourth-order valence-electron chi connectivity index (χ4n) is 2.06. The Kier molecular flexibility index (Phi) is 5.30. The van der Waals surface area contributed by atoms with Gasteiger partial charge in [0.1, 0.15) is 24.4 Å². The summed E-state index contributed by atoms with van der Waals surface area (Å²) >= 11 is 0. The van der Waals surface area contributed by atoms with Crippen molar-refractivity contribution in [2.75, 3.05) is 6.61 Å². The van der Waals surface area contributed by atoms with Gasteiger partial charge in [0.25, 0.3) is 0 Å². The number of hydrogen-bond acceptors (Lipinski definition) is 6. The number of rotatable bonds is 5. The summed E-state index contributed by atoms with van der Waals surface area (Å²) in [6.07, 6.45) is -2.99. The van der Waals surface area contributed by atoms with Gasteiger partial charge in [-0.2, -0.15) is 0 Å². The Morgan fingerprint density at radius 2 is 1.76 bits per heavy atom. The van der Waals surface area contributed by atoms with E-state index in [1.807, 2.05) is 6.92 Å². The topological polar surface area (TPSA) is 110 Å². The summed E-state index contributed by atoms with van der Waals surface area (Å²) < 4.78 is 5.11. The molecule has 0 aromatic heterocycles. The number of unbranched alkanes of at least 4 members (excludes halogenated alkanes) is 2. The van der Waals surface area contributed by atoms with Crippen molar-refractivity contribution >= 4 is 0 Å². The van der Waals surface area contributed by atoms with E-state index in [0.29, 0.717) is 6.42 Å². The average Bonchev–Trinajstić information content (AvgIpc) is 2.32. The van der Waals surface area contributed by atoms with Crippen LogP contribution in [0.2, 0.25) is 0 Å². The Balaban J connectivity index is 2.69. The van der Waals surface area contributed by atoms with E-state index in [1.165, 1.54) is 0 Å². The standard InChI is InChI=1S/C11H22O6/c1-2-3-4-5-11(16)10(15)9(14)8(13)7(6-12)17-11/h7-10,12-16H,2-6H2,1H3/t7-,8-,9+,10-,11?/m1/s1. The van der Waals surface area contributed by atoms with Crippen LogP contribution in [0.15, 0.2) is 0 Å². The van der Waals surface area contributed by atoms with E-state index in [-0.39, 0.29) is 6.42 Å². The maximum atomic E-state index is 10.1. The van der Waals surface area contributed by atoms with Crippen LogP contribution in [0.1, 0.15) is 32.6 Å². The molecular formula is C11H22O6. The van der Waals surface area contributed by atoms with Gasteiger partial charge >= 0.3 is 0 Å². The molecule has 0 bridgehead atoms. The van der Waals surface area contributed by atoms with Crippen molar-refractivity contribution in [3.05, 3.63) is 0 Å². The van der Waals surface area contributed by atoms with Crippen molar-refractivity contribution < 1.29 is 30.3 Å². The largest absolute Gasteiger partial charge is 0.394 e. The van der Waals surface area contributed by atoms with Gasteiger partial charge in [0.15, 0.2) is 5.79 Å². The molecule has 5 N–H and O–H groups in total. The molecule has 0 aliphatic carbocycles. The highest BCUT2D eigenvalue weighted by Gasteiger charge is 2.51. The molecule has 1 unspecified atom stereocenters. The van der Waals surface area contributed by atoms with Crippen molar-refractivity contribution in [2.24, 2.45) is 0 Å². The van der Waals surface area contributed by atoms with Crippen LogP contribution in [-0.2, 0) is 4.74 Å². The summed E-state index contributed by atoms with van der Waals surface area (Å²) in [6.45, 7) is 1.47. The smallest absolute Gasteiger partial charge is 0.195 e. The van der Waals surface area contributed by atoms with Gasteiger partial charge in [-0.15, -0.1) is 0 Å². The van der Waals surface area contributed by atoms with Gasteiger partial charge in [-0.25, -0.2) is 0 Å². The highest BCUT2D eigenvalue weighted by Crippen LogP contribution is 2.32. The predicted octanol–water partition coefficient (Wildman–Crippen LogP) is -1.27.